The third-order valence-electron chi connectivity index (χ3n) is 2.90. The molecule has 4 N–H and O–H groups in total. The Morgan fingerprint density at radius 1 is 1.25 bits per heavy atom. The number of nitrogens with two attached hydrogens (primary N) is 1. The van der Waals surface area contributed by atoms with Gasteiger partial charge in [0.25, 0.3) is 0 Å². The monoisotopic (exact) mass is 223 g/mol. The molecule has 0 spiro atoms. The summed E-state index contributed by atoms with van der Waals surface area (Å²) in [5.74, 6) is 0.558. The number of hydrogen-bond acceptors (Lipinski definition) is 3. The van der Waals surface area contributed by atoms with Crippen LogP contribution < -0.4 is 5.73 Å². The van der Waals surface area contributed by atoms with E-state index in [9.17, 15) is 5.11 Å². The Morgan fingerprint density at radius 3 is 2.50 bits per heavy atom. The number of rotatable bonds is 5. The van der Waals surface area contributed by atoms with E-state index in [0.29, 0.717) is 11.5 Å². The van der Waals surface area contributed by atoms with Crippen molar-refractivity contribution in [3.05, 3.63) is 29.3 Å². The second-order valence-electron chi connectivity index (χ2n) is 4.50. The van der Waals surface area contributed by atoms with E-state index in [1.54, 1.807) is 6.07 Å². The van der Waals surface area contributed by atoms with E-state index in [1.165, 1.54) is 0 Å². The molecular weight excluding hydrogens is 202 g/mol. The Bertz CT molecular complexity index is 337. The van der Waals surface area contributed by atoms with Crippen molar-refractivity contribution in [2.24, 2.45) is 5.73 Å². The first-order chi connectivity index (χ1) is 7.54. The molecule has 2 atom stereocenters. The van der Waals surface area contributed by atoms with Crippen LogP contribution in [0.2, 0.25) is 0 Å². The second kappa shape index (κ2) is 5.87. The van der Waals surface area contributed by atoms with E-state index >= 15 is 0 Å². The molecule has 0 saturated heterocycles. The van der Waals surface area contributed by atoms with Crippen LogP contribution in [0.4, 0.5) is 0 Å². The molecule has 2 unspecified atom stereocenters. The highest BCUT2D eigenvalue weighted by Gasteiger charge is 2.09. The standard InChI is InChI=1S/C13H21NO2/c1-9(3-4-10(2)14)11-5-6-13(16)12(7-11)8-15/h5-7,9-10,15-16H,3-4,8,14H2,1-2H3. The van der Waals surface area contributed by atoms with Crippen LogP contribution in [0.1, 0.15) is 43.7 Å². The molecule has 0 bridgehead atoms. The Hall–Kier alpha value is -1.06. The fraction of sp³-hybridized carbons (Fsp3) is 0.538. The molecule has 0 aliphatic heterocycles. The molecule has 1 aromatic carbocycles. The molecule has 3 nitrogen and oxygen atoms in total. The van der Waals surface area contributed by atoms with E-state index in [0.717, 1.165) is 18.4 Å². The van der Waals surface area contributed by atoms with E-state index in [2.05, 4.69) is 6.92 Å². The maximum atomic E-state index is 9.45. The van der Waals surface area contributed by atoms with E-state index in [4.69, 9.17) is 10.8 Å². The Kier molecular flexibility index (Phi) is 4.77. The summed E-state index contributed by atoms with van der Waals surface area (Å²) in [5.41, 5.74) is 7.45. The number of aromatic hydroxyl groups is 1. The number of aliphatic hydroxyl groups excluding tert-OH is 1. The van der Waals surface area contributed by atoms with Gasteiger partial charge >= 0.3 is 0 Å². The lowest BCUT2D eigenvalue weighted by Gasteiger charge is -2.14. The van der Waals surface area contributed by atoms with Crippen LogP contribution in [0.5, 0.6) is 5.75 Å². The molecule has 0 aliphatic rings. The van der Waals surface area contributed by atoms with Gasteiger partial charge in [0.15, 0.2) is 0 Å². The molecular formula is C13H21NO2. The molecule has 0 saturated carbocycles. The molecule has 0 heterocycles. The van der Waals surface area contributed by atoms with Crippen molar-refractivity contribution >= 4 is 0 Å². The number of phenols is 1. The SMILES string of the molecule is CC(N)CCC(C)c1ccc(O)c(CO)c1. The topological polar surface area (TPSA) is 66.5 Å². The minimum atomic E-state index is -0.125. The zero-order valence-corrected chi connectivity index (χ0v) is 9.98. The van der Waals surface area contributed by atoms with E-state index in [-0.39, 0.29) is 18.4 Å². The summed E-state index contributed by atoms with van der Waals surface area (Å²) in [6.45, 7) is 4.01. The van der Waals surface area contributed by atoms with Crippen LogP contribution in [0.15, 0.2) is 18.2 Å². The van der Waals surface area contributed by atoms with Crippen molar-refractivity contribution in [3.8, 4) is 5.75 Å². The smallest absolute Gasteiger partial charge is 0.121 e. The van der Waals surface area contributed by atoms with Gasteiger partial charge in [0.1, 0.15) is 5.75 Å². The molecule has 0 aromatic heterocycles. The van der Waals surface area contributed by atoms with Gasteiger partial charge in [-0.25, -0.2) is 0 Å². The van der Waals surface area contributed by atoms with Gasteiger partial charge in [0, 0.05) is 11.6 Å². The summed E-state index contributed by atoms with van der Waals surface area (Å²) in [6, 6.07) is 5.63. The summed E-state index contributed by atoms with van der Waals surface area (Å²) in [5, 5.41) is 18.5. The van der Waals surface area contributed by atoms with Crippen LogP contribution >= 0.6 is 0 Å². The van der Waals surface area contributed by atoms with Gasteiger partial charge in [-0.2, -0.15) is 0 Å². The molecule has 16 heavy (non-hydrogen) atoms. The average Bonchev–Trinajstić information content (AvgIpc) is 2.26. The first-order valence-electron chi connectivity index (χ1n) is 5.72. The Morgan fingerprint density at radius 2 is 1.94 bits per heavy atom. The molecule has 90 valence electrons. The Labute approximate surface area is 96.9 Å². The van der Waals surface area contributed by atoms with Gasteiger partial charge in [-0.05, 0) is 43.4 Å². The van der Waals surface area contributed by atoms with Crippen molar-refractivity contribution in [1.29, 1.82) is 0 Å². The summed E-state index contributed by atoms with van der Waals surface area (Å²) in [4.78, 5) is 0. The summed E-state index contributed by atoms with van der Waals surface area (Å²) in [7, 11) is 0. The molecule has 1 aromatic rings. The largest absolute Gasteiger partial charge is 0.508 e. The maximum absolute atomic E-state index is 9.45. The molecule has 0 aliphatic carbocycles. The van der Waals surface area contributed by atoms with Crippen LogP contribution in [0.25, 0.3) is 0 Å². The van der Waals surface area contributed by atoms with Gasteiger partial charge in [0.05, 0.1) is 6.61 Å². The predicted molar refractivity (Wildman–Crippen MR) is 65.3 cm³/mol. The minimum Gasteiger partial charge on any atom is -0.508 e. The van der Waals surface area contributed by atoms with Crippen molar-refractivity contribution in [3.63, 3.8) is 0 Å². The Balaban J connectivity index is 2.72. The predicted octanol–water partition coefficient (Wildman–Crippen LogP) is 2.12. The summed E-state index contributed by atoms with van der Waals surface area (Å²) >= 11 is 0. The lowest BCUT2D eigenvalue weighted by molar-refractivity contribution is 0.275. The van der Waals surface area contributed by atoms with Crippen molar-refractivity contribution in [2.45, 2.75) is 45.3 Å². The van der Waals surface area contributed by atoms with Gasteiger partial charge in [-0.1, -0.05) is 13.0 Å². The summed E-state index contributed by atoms with van der Waals surface area (Å²) < 4.78 is 0. The van der Waals surface area contributed by atoms with Crippen LogP contribution in [-0.4, -0.2) is 16.3 Å². The number of benzene rings is 1. The third kappa shape index (κ3) is 3.51. The minimum absolute atomic E-state index is 0.125. The zero-order chi connectivity index (χ0) is 12.1. The maximum Gasteiger partial charge on any atom is 0.121 e. The molecule has 1 rings (SSSR count). The second-order valence-corrected chi connectivity index (χ2v) is 4.50. The van der Waals surface area contributed by atoms with E-state index in [1.807, 2.05) is 19.1 Å². The third-order valence-corrected chi connectivity index (χ3v) is 2.90. The highest BCUT2D eigenvalue weighted by molar-refractivity contribution is 5.36. The van der Waals surface area contributed by atoms with Gasteiger partial charge < -0.3 is 15.9 Å². The highest BCUT2D eigenvalue weighted by atomic mass is 16.3. The molecule has 0 radical (unpaired) electrons. The number of hydrogen-bond donors (Lipinski definition) is 3. The average molecular weight is 223 g/mol. The molecule has 0 amide bonds. The van der Waals surface area contributed by atoms with Gasteiger partial charge in [-0.15, -0.1) is 0 Å². The van der Waals surface area contributed by atoms with Crippen molar-refractivity contribution in [1.82, 2.24) is 0 Å². The summed E-state index contributed by atoms with van der Waals surface area (Å²) in [6.07, 6.45) is 2.00. The lowest BCUT2D eigenvalue weighted by atomic mass is 9.93. The highest BCUT2D eigenvalue weighted by Crippen LogP contribution is 2.26. The van der Waals surface area contributed by atoms with Crippen molar-refractivity contribution < 1.29 is 10.2 Å². The van der Waals surface area contributed by atoms with Gasteiger partial charge in [-0.3, -0.25) is 0 Å². The number of aliphatic hydroxyl groups is 1. The van der Waals surface area contributed by atoms with E-state index < -0.39 is 0 Å². The lowest BCUT2D eigenvalue weighted by Crippen LogP contribution is -2.15. The quantitative estimate of drug-likeness (QED) is 0.716. The van der Waals surface area contributed by atoms with Crippen LogP contribution in [0, 0.1) is 0 Å². The fourth-order valence-electron chi connectivity index (χ4n) is 1.72. The molecule has 0 fully saturated rings. The zero-order valence-electron chi connectivity index (χ0n) is 9.98. The van der Waals surface area contributed by atoms with Crippen LogP contribution in [-0.2, 0) is 6.61 Å². The normalized spacial score (nSPS) is 14.8. The molecule has 3 heteroatoms. The van der Waals surface area contributed by atoms with Crippen LogP contribution in [0.3, 0.4) is 0 Å². The van der Waals surface area contributed by atoms with Gasteiger partial charge in [0.2, 0.25) is 0 Å². The first kappa shape index (κ1) is 13.0. The van der Waals surface area contributed by atoms with Crippen molar-refractivity contribution in [2.75, 3.05) is 0 Å². The fourth-order valence-corrected chi connectivity index (χ4v) is 1.72. The first-order valence-corrected chi connectivity index (χ1v) is 5.72.